The highest BCUT2D eigenvalue weighted by Gasteiger charge is 2.26. The van der Waals surface area contributed by atoms with Gasteiger partial charge in [0.05, 0.1) is 24.4 Å². The van der Waals surface area contributed by atoms with Crippen LogP contribution in [0.15, 0.2) is 0 Å². The molecule has 12 heteroatoms. The smallest absolute Gasteiger partial charge is 0.350 e. The molecule has 2 rings (SSSR count). The normalized spacial score (nSPS) is 19.9. The highest BCUT2D eigenvalue weighted by molar-refractivity contribution is 7.51. The highest BCUT2D eigenvalue weighted by Crippen LogP contribution is 2.34. The van der Waals surface area contributed by atoms with E-state index in [4.69, 9.17) is 36.3 Å². The molecule has 1 unspecified atom stereocenters. The van der Waals surface area contributed by atoms with E-state index in [9.17, 15) is 4.57 Å². The monoisotopic (exact) mass is 421 g/mol. The second-order valence-corrected chi connectivity index (χ2v) is 8.10. The molecule has 0 aliphatic carbocycles. The Kier molecular flexibility index (Phi) is 8.40. The molecular formula is C15H25ClN5O5P. The van der Waals surface area contributed by atoms with Gasteiger partial charge in [-0.15, -0.1) is 0 Å². The third-order valence-corrected chi connectivity index (χ3v) is 4.55. The van der Waals surface area contributed by atoms with Crippen LogP contribution in [0.4, 0.5) is 11.6 Å². The van der Waals surface area contributed by atoms with Gasteiger partial charge in [0.15, 0.2) is 0 Å². The van der Waals surface area contributed by atoms with Crippen molar-refractivity contribution in [2.75, 3.05) is 36.7 Å². The Morgan fingerprint density at radius 2 is 2.00 bits per heavy atom. The summed E-state index contributed by atoms with van der Waals surface area (Å²) in [5.41, 5.74) is 0.521. The lowest BCUT2D eigenvalue weighted by Gasteiger charge is -2.17. The number of anilines is 2. The lowest BCUT2D eigenvalue weighted by molar-refractivity contribution is -0.00315. The zero-order valence-electron chi connectivity index (χ0n) is 15.0. The largest absolute Gasteiger partial charge is 0.371 e. The fourth-order valence-corrected chi connectivity index (χ4v) is 3.17. The number of ether oxygens (including phenoxy) is 2. The molecule has 1 saturated heterocycles. The van der Waals surface area contributed by atoms with Crippen molar-refractivity contribution in [2.24, 2.45) is 0 Å². The van der Waals surface area contributed by atoms with E-state index in [1.165, 1.54) is 6.21 Å². The van der Waals surface area contributed by atoms with Crippen molar-refractivity contribution in [2.45, 2.75) is 38.4 Å². The SMILES string of the molecule is CCCNc1nc(Cl)nc(NC[C@@H]2CCC(COCP(=O)(O)O)O2)c1C=N. The number of rotatable bonds is 11. The molecule has 0 amide bonds. The van der Waals surface area contributed by atoms with Crippen LogP contribution in [0, 0.1) is 5.41 Å². The van der Waals surface area contributed by atoms with Crippen molar-refractivity contribution in [3.63, 3.8) is 0 Å². The van der Waals surface area contributed by atoms with E-state index in [0.717, 1.165) is 19.3 Å². The molecule has 0 bridgehead atoms. The number of hydrogen-bond acceptors (Lipinski definition) is 8. The lowest BCUT2D eigenvalue weighted by Crippen LogP contribution is -2.24. The molecule has 0 spiro atoms. The maximum Gasteiger partial charge on any atom is 0.350 e. The third kappa shape index (κ3) is 7.33. The van der Waals surface area contributed by atoms with Crippen LogP contribution in [-0.2, 0) is 14.0 Å². The van der Waals surface area contributed by atoms with Crippen molar-refractivity contribution < 1.29 is 23.8 Å². The molecule has 1 aromatic heterocycles. The van der Waals surface area contributed by atoms with Crippen LogP contribution in [0.2, 0.25) is 5.28 Å². The molecular weight excluding hydrogens is 397 g/mol. The highest BCUT2D eigenvalue weighted by atomic mass is 35.5. The Morgan fingerprint density at radius 1 is 1.33 bits per heavy atom. The van der Waals surface area contributed by atoms with E-state index < -0.39 is 13.9 Å². The van der Waals surface area contributed by atoms with Gasteiger partial charge < -0.3 is 35.3 Å². The first-order chi connectivity index (χ1) is 12.8. The Hall–Kier alpha value is -1.29. The van der Waals surface area contributed by atoms with E-state index in [1.54, 1.807) is 0 Å². The van der Waals surface area contributed by atoms with Gasteiger partial charge in [-0.3, -0.25) is 4.57 Å². The molecule has 0 radical (unpaired) electrons. The van der Waals surface area contributed by atoms with Crippen molar-refractivity contribution in [3.8, 4) is 0 Å². The van der Waals surface area contributed by atoms with Crippen LogP contribution in [0.1, 0.15) is 31.7 Å². The van der Waals surface area contributed by atoms with E-state index >= 15 is 0 Å². The number of nitrogens with one attached hydrogen (secondary N) is 3. The van der Waals surface area contributed by atoms with Crippen LogP contribution in [0.25, 0.3) is 0 Å². The van der Waals surface area contributed by atoms with Crippen LogP contribution >= 0.6 is 19.2 Å². The minimum Gasteiger partial charge on any atom is -0.371 e. The minimum atomic E-state index is -4.16. The summed E-state index contributed by atoms with van der Waals surface area (Å²) in [6.45, 7) is 3.32. The van der Waals surface area contributed by atoms with Crippen molar-refractivity contribution in [3.05, 3.63) is 10.8 Å². The Bertz CT molecular complexity index is 689. The first-order valence-electron chi connectivity index (χ1n) is 8.66. The van der Waals surface area contributed by atoms with Gasteiger partial charge in [0.25, 0.3) is 0 Å². The predicted octanol–water partition coefficient (Wildman–Crippen LogP) is 2.06. The van der Waals surface area contributed by atoms with Crippen LogP contribution in [0.3, 0.4) is 0 Å². The van der Waals surface area contributed by atoms with Gasteiger partial charge in [-0.05, 0) is 30.9 Å². The molecule has 2 atom stereocenters. The fourth-order valence-electron chi connectivity index (χ4n) is 2.66. The lowest BCUT2D eigenvalue weighted by atomic mass is 10.2. The molecule has 27 heavy (non-hydrogen) atoms. The number of halogens is 1. The van der Waals surface area contributed by atoms with Crippen LogP contribution in [-0.4, -0.2) is 64.2 Å². The summed E-state index contributed by atoms with van der Waals surface area (Å²) in [5, 5.41) is 14.0. The summed E-state index contributed by atoms with van der Waals surface area (Å²) in [5.74, 6) is 0.957. The molecule has 10 nitrogen and oxygen atoms in total. The predicted molar refractivity (Wildman–Crippen MR) is 103 cm³/mol. The third-order valence-electron chi connectivity index (χ3n) is 3.86. The summed E-state index contributed by atoms with van der Waals surface area (Å²) in [6.07, 6.45) is 2.67. The van der Waals surface area contributed by atoms with Gasteiger partial charge in [-0.1, -0.05) is 6.92 Å². The van der Waals surface area contributed by atoms with Crippen molar-refractivity contribution in [1.29, 1.82) is 5.41 Å². The molecule has 152 valence electrons. The number of nitrogens with zero attached hydrogens (tertiary/aromatic N) is 2. The molecule has 1 fully saturated rings. The summed E-state index contributed by atoms with van der Waals surface area (Å²) in [6, 6.07) is 0. The molecule has 1 aliphatic heterocycles. The van der Waals surface area contributed by atoms with E-state index in [0.29, 0.717) is 30.3 Å². The van der Waals surface area contributed by atoms with E-state index in [1.807, 2.05) is 6.92 Å². The molecule has 0 saturated carbocycles. The van der Waals surface area contributed by atoms with Gasteiger partial charge in [-0.25, -0.2) is 0 Å². The summed E-state index contributed by atoms with van der Waals surface area (Å²) in [4.78, 5) is 25.9. The molecule has 1 aliphatic rings. The Morgan fingerprint density at radius 3 is 2.63 bits per heavy atom. The first kappa shape index (κ1) is 22.0. The van der Waals surface area contributed by atoms with Crippen LogP contribution in [0.5, 0.6) is 0 Å². The number of hydrogen-bond donors (Lipinski definition) is 5. The van der Waals surface area contributed by atoms with E-state index in [2.05, 4.69) is 20.6 Å². The molecule has 2 heterocycles. The first-order valence-corrected chi connectivity index (χ1v) is 10.8. The van der Waals surface area contributed by atoms with Gasteiger partial charge in [0.2, 0.25) is 5.28 Å². The summed E-state index contributed by atoms with van der Waals surface area (Å²) >= 11 is 5.98. The Labute approximate surface area is 162 Å². The summed E-state index contributed by atoms with van der Waals surface area (Å²) < 4.78 is 21.6. The summed E-state index contributed by atoms with van der Waals surface area (Å²) in [7, 11) is -4.16. The second-order valence-electron chi connectivity index (χ2n) is 6.18. The zero-order chi connectivity index (χ0) is 19.9. The quantitative estimate of drug-likeness (QED) is 0.205. The molecule has 5 N–H and O–H groups in total. The standard InChI is InChI=1S/C15H25ClN5O5P/c1-2-5-18-13-12(6-17)14(21-15(16)20-13)19-7-10-3-4-11(26-10)8-25-9-27(22,23)24/h6,10-11,17H,2-5,7-9H2,1H3,(H2,22,23,24)(H2,18,19,20,21)/t10-,11?/m0/s1. The molecule has 1 aromatic rings. The Balaban J connectivity index is 1.88. The second kappa shape index (κ2) is 10.3. The van der Waals surface area contributed by atoms with Gasteiger partial charge in [-0.2, -0.15) is 9.97 Å². The topological polar surface area (TPSA) is 150 Å². The molecule has 0 aromatic carbocycles. The zero-order valence-corrected chi connectivity index (χ0v) is 16.7. The maximum absolute atomic E-state index is 10.8. The van der Waals surface area contributed by atoms with Gasteiger partial charge >= 0.3 is 7.60 Å². The maximum atomic E-state index is 10.8. The van der Waals surface area contributed by atoms with Crippen LogP contribution < -0.4 is 10.6 Å². The van der Waals surface area contributed by atoms with Gasteiger partial charge in [0, 0.05) is 19.3 Å². The van der Waals surface area contributed by atoms with Gasteiger partial charge in [0.1, 0.15) is 18.0 Å². The van der Waals surface area contributed by atoms with Crippen molar-refractivity contribution >= 4 is 37.0 Å². The average molecular weight is 422 g/mol. The fraction of sp³-hybridized carbons (Fsp3) is 0.667. The average Bonchev–Trinajstić information content (AvgIpc) is 3.04. The number of aromatic nitrogens is 2. The van der Waals surface area contributed by atoms with E-state index in [-0.39, 0.29) is 24.1 Å². The minimum absolute atomic E-state index is 0.0813. The van der Waals surface area contributed by atoms with Crippen molar-refractivity contribution in [1.82, 2.24) is 9.97 Å².